The average molecular weight is 205 g/mol. The maximum absolute atomic E-state index is 10.9. The number of hydrogen-bond donors (Lipinski definition) is 1. The van der Waals surface area contributed by atoms with Crippen LogP contribution in [-0.4, -0.2) is 10.9 Å². The van der Waals surface area contributed by atoms with Crippen LogP contribution in [0.5, 0.6) is 0 Å². The molecule has 0 saturated heterocycles. The van der Waals surface area contributed by atoms with Crippen LogP contribution in [0.4, 0.5) is 0 Å². The van der Waals surface area contributed by atoms with E-state index >= 15 is 0 Å². The van der Waals surface area contributed by atoms with E-state index in [1.54, 1.807) is 24.3 Å². The Morgan fingerprint density at radius 3 is 2.20 bits per heavy atom. The van der Waals surface area contributed by atoms with E-state index < -0.39 is 11.5 Å². The third kappa shape index (κ3) is 2.49. The zero-order valence-electron chi connectivity index (χ0n) is 8.52. The van der Waals surface area contributed by atoms with E-state index in [1.807, 2.05) is 6.92 Å². The summed E-state index contributed by atoms with van der Waals surface area (Å²) in [5, 5.41) is 12.1. The van der Waals surface area contributed by atoms with Gasteiger partial charge in [0.25, 0.3) is 0 Å². The first-order valence-corrected chi connectivity index (χ1v) is 4.41. The van der Waals surface area contributed by atoms with Gasteiger partial charge < -0.3 is 5.11 Å². The summed E-state index contributed by atoms with van der Waals surface area (Å²) in [7, 11) is 0. The van der Waals surface area contributed by atoms with Crippen LogP contribution in [0.25, 0.3) is 5.76 Å². The van der Waals surface area contributed by atoms with Gasteiger partial charge in [0.15, 0.2) is 17.2 Å². The molecule has 0 aromatic heterocycles. The monoisotopic (exact) mass is 205 g/mol. The van der Waals surface area contributed by atoms with Crippen molar-refractivity contribution in [2.45, 2.75) is 13.8 Å². The van der Waals surface area contributed by atoms with E-state index in [-0.39, 0.29) is 5.76 Å². The van der Waals surface area contributed by atoms with Gasteiger partial charge in [0.05, 0.1) is 0 Å². The maximum Gasteiger partial charge on any atom is 0.192 e. The Morgan fingerprint density at radius 1 is 1.27 bits per heavy atom. The van der Waals surface area contributed by atoms with Gasteiger partial charge in [-0.2, -0.15) is 0 Å². The minimum absolute atomic E-state index is 0.377. The second kappa shape index (κ2) is 4.50. The van der Waals surface area contributed by atoms with Crippen molar-refractivity contribution in [1.82, 2.24) is 0 Å². The first-order chi connectivity index (χ1) is 7.06. The fourth-order valence-electron chi connectivity index (χ4n) is 1.12. The second-order valence-corrected chi connectivity index (χ2v) is 3.21. The van der Waals surface area contributed by atoms with Gasteiger partial charge in [-0.15, -0.1) is 4.91 Å². The lowest BCUT2D eigenvalue weighted by Gasteiger charge is -2.02. The van der Waals surface area contributed by atoms with Gasteiger partial charge in [-0.3, -0.25) is 4.79 Å². The Balaban J connectivity index is 3.22. The number of aliphatic hydroxyl groups excluding tert-OH is 1. The topological polar surface area (TPSA) is 66.7 Å². The summed E-state index contributed by atoms with van der Waals surface area (Å²) in [4.78, 5) is 21.3. The molecule has 0 heterocycles. The Hall–Kier alpha value is -1.97. The van der Waals surface area contributed by atoms with Crippen LogP contribution in [-0.2, 0) is 4.79 Å². The van der Waals surface area contributed by atoms with Crippen LogP contribution in [0.15, 0.2) is 35.1 Å². The Kier molecular flexibility index (Phi) is 3.33. The number of nitrogens with zero attached hydrogens (tertiary/aromatic N) is 1. The fraction of sp³-hybridized carbons (Fsp3) is 0.182. The van der Waals surface area contributed by atoms with E-state index in [1.165, 1.54) is 6.92 Å². The highest BCUT2D eigenvalue weighted by Crippen LogP contribution is 2.17. The number of Topliss-reactive ketones (excluding diaryl/α,β-unsaturated/α-hetero) is 1. The lowest BCUT2D eigenvalue weighted by atomic mass is 10.1. The van der Waals surface area contributed by atoms with E-state index in [4.69, 9.17) is 0 Å². The van der Waals surface area contributed by atoms with Gasteiger partial charge in [-0.05, 0) is 12.1 Å². The minimum atomic E-state index is -0.553. The van der Waals surface area contributed by atoms with Crippen LogP contribution < -0.4 is 0 Å². The summed E-state index contributed by atoms with van der Waals surface area (Å²) in [6.45, 7) is 3.08. The first-order valence-electron chi connectivity index (χ1n) is 4.41. The van der Waals surface area contributed by atoms with E-state index in [2.05, 4.69) is 5.18 Å². The van der Waals surface area contributed by atoms with Crippen molar-refractivity contribution >= 4 is 11.5 Å². The summed E-state index contributed by atoms with van der Waals surface area (Å²) in [5.41, 5.74) is 0.985. The molecule has 0 bridgehead atoms. The highest BCUT2D eigenvalue weighted by atomic mass is 16.3. The highest BCUT2D eigenvalue weighted by Gasteiger charge is 2.13. The molecule has 0 atom stereocenters. The Morgan fingerprint density at radius 2 is 1.80 bits per heavy atom. The number of aryl methyl sites for hydroxylation is 1. The van der Waals surface area contributed by atoms with Gasteiger partial charge in [-0.1, -0.05) is 29.8 Å². The molecule has 0 radical (unpaired) electrons. The number of carbonyl (C=O) groups excluding carboxylic acids is 1. The van der Waals surface area contributed by atoms with Crippen LogP contribution in [0.3, 0.4) is 0 Å². The molecule has 4 nitrogen and oxygen atoms in total. The number of allylic oxidation sites excluding steroid dienone is 1. The van der Waals surface area contributed by atoms with E-state index in [0.717, 1.165) is 5.56 Å². The quantitative estimate of drug-likeness (QED) is 0.468. The molecule has 0 aliphatic carbocycles. The predicted molar refractivity (Wildman–Crippen MR) is 57.2 cm³/mol. The average Bonchev–Trinajstić information content (AvgIpc) is 2.19. The first kappa shape index (κ1) is 11.1. The van der Waals surface area contributed by atoms with Crippen molar-refractivity contribution in [3.63, 3.8) is 0 Å². The summed E-state index contributed by atoms with van der Waals surface area (Å²) in [6, 6.07) is 6.79. The smallest absolute Gasteiger partial charge is 0.192 e. The molecule has 0 unspecified atom stereocenters. The van der Waals surface area contributed by atoms with Crippen molar-refractivity contribution in [2.75, 3.05) is 0 Å². The zero-order valence-corrected chi connectivity index (χ0v) is 8.52. The molecule has 0 spiro atoms. The molecule has 0 saturated carbocycles. The largest absolute Gasteiger partial charge is 0.505 e. The second-order valence-electron chi connectivity index (χ2n) is 3.21. The summed E-state index contributed by atoms with van der Waals surface area (Å²) < 4.78 is 0. The molecule has 1 aromatic rings. The van der Waals surface area contributed by atoms with Gasteiger partial charge in [0, 0.05) is 12.5 Å². The summed E-state index contributed by atoms with van der Waals surface area (Å²) >= 11 is 0. The lowest BCUT2D eigenvalue weighted by Crippen LogP contribution is -1.98. The van der Waals surface area contributed by atoms with Crippen LogP contribution >= 0.6 is 0 Å². The van der Waals surface area contributed by atoms with Gasteiger partial charge in [0.1, 0.15) is 0 Å². The molecule has 0 aliphatic rings. The predicted octanol–water partition coefficient (Wildman–Crippen LogP) is 2.58. The van der Waals surface area contributed by atoms with Gasteiger partial charge in [0.2, 0.25) is 0 Å². The molecular formula is C11H11NO3. The molecule has 15 heavy (non-hydrogen) atoms. The van der Waals surface area contributed by atoms with Crippen LogP contribution in [0, 0.1) is 11.8 Å². The molecule has 0 aliphatic heterocycles. The van der Waals surface area contributed by atoms with Crippen LogP contribution in [0.2, 0.25) is 0 Å². The number of carbonyl (C=O) groups is 1. The molecule has 1 N–H and O–H groups in total. The Bertz CT molecular complexity index is 418. The molecule has 1 aromatic carbocycles. The van der Waals surface area contributed by atoms with Crippen molar-refractivity contribution in [2.24, 2.45) is 5.18 Å². The fourth-order valence-corrected chi connectivity index (χ4v) is 1.12. The normalized spacial score (nSPS) is 11.9. The number of rotatable bonds is 3. The minimum Gasteiger partial charge on any atom is -0.505 e. The summed E-state index contributed by atoms with van der Waals surface area (Å²) in [6.07, 6.45) is 0. The third-order valence-corrected chi connectivity index (χ3v) is 1.97. The van der Waals surface area contributed by atoms with Gasteiger partial charge in [-0.25, -0.2) is 0 Å². The van der Waals surface area contributed by atoms with Gasteiger partial charge >= 0.3 is 0 Å². The number of aliphatic hydroxyl groups is 1. The number of benzene rings is 1. The van der Waals surface area contributed by atoms with Crippen molar-refractivity contribution in [3.05, 3.63) is 46.0 Å². The van der Waals surface area contributed by atoms with Crippen molar-refractivity contribution < 1.29 is 9.90 Å². The standard InChI is InChI=1S/C11H11NO3/c1-7-3-5-9(6-4-7)11(14)10(12-15)8(2)13/h3-6,14H,1-2H3/b11-10-. The SMILES string of the molecule is CC(=O)/C(N=O)=C(/O)c1ccc(C)cc1. The number of ketones is 1. The van der Waals surface area contributed by atoms with Crippen LogP contribution in [0.1, 0.15) is 18.1 Å². The molecule has 4 heteroatoms. The number of hydrogen-bond acceptors (Lipinski definition) is 4. The van der Waals surface area contributed by atoms with Crippen molar-refractivity contribution in [1.29, 1.82) is 0 Å². The molecule has 0 amide bonds. The lowest BCUT2D eigenvalue weighted by molar-refractivity contribution is -0.113. The van der Waals surface area contributed by atoms with Crippen molar-refractivity contribution in [3.8, 4) is 0 Å². The zero-order chi connectivity index (χ0) is 11.4. The molecule has 78 valence electrons. The van der Waals surface area contributed by atoms with E-state index in [0.29, 0.717) is 5.56 Å². The summed E-state index contributed by atoms with van der Waals surface area (Å²) in [5.74, 6) is -0.930. The molecule has 0 fully saturated rings. The highest BCUT2D eigenvalue weighted by molar-refractivity contribution is 5.99. The molecule has 1 rings (SSSR count). The third-order valence-electron chi connectivity index (χ3n) is 1.97. The number of nitroso groups, excluding NO2 is 1. The Labute approximate surface area is 87.2 Å². The molecular weight excluding hydrogens is 194 g/mol. The maximum atomic E-state index is 10.9. The van der Waals surface area contributed by atoms with E-state index in [9.17, 15) is 14.8 Å².